The minimum Gasteiger partial charge on any atom is -0.351 e. The second-order valence-corrected chi connectivity index (χ2v) is 10.5. The van der Waals surface area contributed by atoms with Gasteiger partial charge in [-0.05, 0) is 37.6 Å². The molecule has 1 fully saturated rings. The van der Waals surface area contributed by atoms with E-state index in [0.717, 1.165) is 21.9 Å². The average molecular weight is 416 g/mol. The molecule has 1 aromatic heterocycles. The quantitative estimate of drug-likeness (QED) is 0.648. The number of rotatable bonds is 5. The van der Waals surface area contributed by atoms with Crippen molar-refractivity contribution in [3.05, 3.63) is 54.6 Å². The molecule has 2 heterocycles. The zero-order valence-corrected chi connectivity index (χ0v) is 17.0. The van der Waals surface area contributed by atoms with Crippen molar-refractivity contribution in [3.8, 4) is 5.69 Å². The van der Waals surface area contributed by atoms with Crippen LogP contribution in [-0.4, -0.2) is 46.7 Å². The lowest BCUT2D eigenvalue weighted by atomic mass is 10.2. The summed E-state index contributed by atoms with van der Waals surface area (Å²) in [6.07, 6.45) is 0.480. The fourth-order valence-electron chi connectivity index (χ4n) is 3.35. The van der Waals surface area contributed by atoms with Gasteiger partial charge in [-0.3, -0.25) is 9.36 Å². The van der Waals surface area contributed by atoms with Gasteiger partial charge in [-0.15, -0.1) is 0 Å². The number of nitrogens with one attached hydrogen (secondary N) is 1. The molecule has 1 aliphatic rings. The van der Waals surface area contributed by atoms with E-state index in [1.54, 1.807) is 0 Å². The third-order valence-corrected chi connectivity index (χ3v) is 7.59. The van der Waals surface area contributed by atoms with Crippen LogP contribution in [0.3, 0.4) is 0 Å². The smallest absolute Gasteiger partial charge is 0.233 e. The highest BCUT2D eigenvalue weighted by atomic mass is 32.2. The van der Waals surface area contributed by atoms with E-state index in [1.165, 1.54) is 11.8 Å². The fourth-order valence-corrected chi connectivity index (χ4v) is 5.97. The number of fused-ring (bicyclic) bond motifs is 1. The van der Waals surface area contributed by atoms with Crippen molar-refractivity contribution < 1.29 is 13.2 Å². The lowest BCUT2D eigenvalue weighted by Gasteiger charge is -2.16. The Bertz CT molecular complexity index is 1110. The highest BCUT2D eigenvalue weighted by Crippen LogP contribution is 2.30. The maximum Gasteiger partial charge on any atom is 0.233 e. The number of sulfone groups is 1. The van der Waals surface area contributed by atoms with Crippen LogP contribution < -0.4 is 5.32 Å². The van der Waals surface area contributed by atoms with Crippen LogP contribution in [0.1, 0.15) is 13.3 Å². The number of hydrogen-bond acceptors (Lipinski definition) is 5. The van der Waals surface area contributed by atoms with Gasteiger partial charge in [0.05, 0.1) is 27.8 Å². The Labute approximate surface area is 168 Å². The van der Waals surface area contributed by atoms with Crippen molar-refractivity contribution in [2.24, 2.45) is 0 Å². The van der Waals surface area contributed by atoms with E-state index < -0.39 is 15.1 Å². The number of amides is 1. The van der Waals surface area contributed by atoms with Crippen LogP contribution in [0.5, 0.6) is 0 Å². The largest absolute Gasteiger partial charge is 0.351 e. The maximum atomic E-state index is 12.6. The lowest BCUT2D eigenvalue weighted by molar-refractivity contribution is -0.120. The highest BCUT2D eigenvalue weighted by molar-refractivity contribution is 8.00. The molecule has 8 heteroatoms. The van der Waals surface area contributed by atoms with Crippen molar-refractivity contribution in [2.45, 2.75) is 29.8 Å². The van der Waals surface area contributed by atoms with Crippen molar-refractivity contribution in [2.75, 3.05) is 11.5 Å². The molecule has 28 heavy (non-hydrogen) atoms. The van der Waals surface area contributed by atoms with Crippen molar-refractivity contribution in [3.63, 3.8) is 0 Å². The second kappa shape index (κ2) is 7.60. The third-order valence-electron chi connectivity index (χ3n) is 4.77. The zero-order valence-electron chi connectivity index (χ0n) is 15.4. The second-order valence-electron chi connectivity index (χ2n) is 6.92. The summed E-state index contributed by atoms with van der Waals surface area (Å²) in [4.78, 5) is 17.3. The van der Waals surface area contributed by atoms with Gasteiger partial charge in [-0.2, -0.15) is 0 Å². The molecule has 2 aromatic carbocycles. The molecule has 0 bridgehead atoms. The molecule has 4 rings (SSSR count). The molecular formula is C20H21N3O3S2. The summed E-state index contributed by atoms with van der Waals surface area (Å²) in [5, 5.41) is 3.20. The van der Waals surface area contributed by atoms with Gasteiger partial charge < -0.3 is 5.32 Å². The van der Waals surface area contributed by atoms with E-state index in [1.807, 2.05) is 66.1 Å². The predicted octanol–water partition coefficient (Wildman–Crippen LogP) is 2.81. The maximum absolute atomic E-state index is 12.6. The zero-order chi connectivity index (χ0) is 19.7. The molecule has 3 aromatic rings. The number of benzene rings is 2. The van der Waals surface area contributed by atoms with E-state index in [9.17, 15) is 13.2 Å². The minimum atomic E-state index is -3.02. The Kier molecular flexibility index (Phi) is 5.16. The van der Waals surface area contributed by atoms with E-state index >= 15 is 0 Å². The van der Waals surface area contributed by atoms with Crippen molar-refractivity contribution in [1.29, 1.82) is 0 Å². The van der Waals surface area contributed by atoms with Crippen LogP contribution in [0.25, 0.3) is 16.7 Å². The van der Waals surface area contributed by atoms with Crippen LogP contribution >= 0.6 is 11.8 Å². The molecule has 1 amide bonds. The van der Waals surface area contributed by atoms with Crippen LogP contribution in [0.4, 0.5) is 0 Å². The fraction of sp³-hybridized carbons (Fsp3) is 0.300. The Morgan fingerprint density at radius 2 is 1.89 bits per heavy atom. The topological polar surface area (TPSA) is 81.1 Å². The van der Waals surface area contributed by atoms with Crippen LogP contribution in [-0.2, 0) is 14.6 Å². The Morgan fingerprint density at radius 3 is 2.61 bits per heavy atom. The van der Waals surface area contributed by atoms with E-state index in [0.29, 0.717) is 6.42 Å². The first-order valence-electron chi connectivity index (χ1n) is 9.13. The first-order valence-corrected chi connectivity index (χ1v) is 11.8. The summed E-state index contributed by atoms with van der Waals surface area (Å²) < 4.78 is 25.3. The number of imidazole rings is 1. The number of hydrogen-bond donors (Lipinski definition) is 1. The lowest BCUT2D eigenvalue weighted by Crippen LogP contribution is -2.40. The molecule has 1 aliphatic heterocycles. The van der Waals surface area contributed by atoms with Crippen LogP contribution in [0, 0.1) is 0 Å². The number of para-hydroxylation sites is 3. The minimum absolute atomic E-state index is 0.0264. The van der Waals surface area contributed by atoms with Gasteiger partial charge in [-0.25, -0.2) is 13.4 Å². The first-order chi connectivity index (χ1) is 13.4. The normalized spacial score (nSPS) is 19.5. The van der Waals surface area contributed by atoms with Crippen molar-refractivity contribution >= 4 is 38.5 Å². The summed E-state index contributed by atoms with van der Waals surface area (Å²) >= 11 is 1.37. The van der Waals surface area contributed by atoms with Crippen molar-refractivity contribution in [1.82, 2.24) is 14.9 Å². The van der Waals surface area contributed by atoms with Gasteiger partial charge in [0, 0.05) is 11.7 Å². The molecule has 0 radical (unpaired) electrons. The van der Waals surface area contributed by atoms with Crippen LogP contribution in [0.15, 0.2) is 59.8 Å². The molecular weight excluding hydrogens is 394 g/mol. The SMILES string of the molecule is CC(Sc1nc2ccccc2n1-c1ccccc1)C(=O)NC1CCS(=O)(=O)C1. The molecule has 2 atom stereocenters. The summed E-state index contributed by atoms with van der Waals surface area (Å²) in [6.45, 7) is 1.82. The van der Waals surface area contributed by atoms with E-state index in [-0.39, 0.29) is 23.5 Å². The van der Waals surface area contributed by atoms with Gasteiger partial charge in [0.2, 0.25) is 5.91 Å². The van der Waals surface area contributed by atoms with E-state index in [4.69, 9.17) is 4.98 Å². The number of carbonyl (C=O) groups excluding carboxylic acids is 1. The summed E-state index contributed by atoms with van der Waals surface area (Å²) in [7, 11) is -3.02. The summed E-state index contributed by atoms with van der Waals surface area (Å²) in [5.74, 6) is 0.000772. The van der Waals surface area contributed by atoms with Gasteiger partial charge in [-0.1, -0.05) is 42.1 Å². The molecule has 2 unspecified atom stereocenters. The van der Waals surface area contributed by atoms with Crippen LogP contribution in [0.2, 0.25) is 0 Å². The highest BCUT2D eigenvalue weighted by Gasteiger charge is 2.30. The van der Waals surface area contributed by atoms with Gasteiger partial charge >= 0.3 is 0 Å². The molecule has 1 saturated heterocycles. The average Bonchev–Trinajstić information content (AvgIpc) is 3.21. The third kappa shape index (κ3) is 3.93. The number of thioether (sulfide) groups is 1. The molecule has 0 spiro atoms. The molecule has 1 N–H and O–H groups in total. The summed E-state index contributed by atoms with van der Waals surface area (Å²) in [5.41, 5.74) is 2.82. The Balaban J connectivity index is 1.58. The molecule has 0 saturated carbocycles. The standard InChI is InChI=1S/C20H21N3O3S2/c1-14(19(24)21-15-11-12-28(25,26)13-15)27-20-22-17-9-5-6-10-18(17)23(20)16-7-3-2-4-8-16/h2-10,14-15H,11-13H2,1H3,(H,21,24). The number of nitrogens with zero attached hydrogens (tertiary/aromatic N) is 2. The van der Waals surface area contributed by atoms with Gasteiger partial charge in [0.1, 0.15) is 0 Å². The first kappa shape index (κ1) is 19.0. The predicted molar refractivity (Wildman–Crippen MR) is 112 cm³/mol. The molecule has 6 nitrogen and oxygen atoms in total. The Morgan fingerprint density at radius 1 is 1.18 bits per heavy atom. The summed E-state index contributed by atoms with van der Waals surface area (Å²) in [6, 6.07) is 17.5. The number of aromatic nitrogens is 2. The van der Waals surface area contributed by atoms with Gasteiger partial charge in [0.15, 0.2) is 15.0 Å². The Hall–Kier alpha value is -2.32. The molecule has 0 aliphatic carbocycles. The van der Waals surface area contributed by atoms with E-state index in [2.05, 4.69) is 5.32 Å². The van der Waals surface area contributed by atoms with Gasteiger partial charge in [0.25, 0.3) is 0 Å². The monoisotopic (exact) mass is 415 g/mol. The number of carbonyl (C=O) groups is 1. The molecule has 146 valence electrons.